The zero-order valence-electron chi connectivity index (χ0n) is 13.6. The second kappa shape index (κ2) is 7.21. The molecule has 130 valence electrons. The maximum Gasteiger partial charge on any atom is 0.351 e. The SMILES string of the molecule is COC(=O)c1sc(N2CCN(c3nccnc3C#N)CC2C)nc1Cl. The molecule has 0 bridgehead atoms. The molecule has 1 aliphatic rings. The molecule has 1 aliphatic heterocycles. The van der Waals surface area contributed by atoms with Gasteiger partial charge in [0.15, 0.2) is 26.7 Å². The predicted molar refractivity (Wildman–Crippen MR) is 94.2 cm³/mol. The minimum absolute atomic E-state index is 0.0926. The molecule has 3 rings (SSSR count). The van der Waals surface area contributed by atoms with Crippen molar-refractivity contribution >= 4 is 39.9 Å². The van der Waals surface area contributed by atoms with Gasteiger partial charge in [0.25, 0.3) is 0 Å². The van der Waals surface area contributed by atoms with Gasteiger partial charge in [-0.3, -0.25) is 0 Å². The zero-order chi connectivity index (χ0) is 18.0. The normalized spacial score (nSPS) is 17.3. The van der Waals surface area contributed by atoms with E-state index in [9.17, 15) is 10.1 Å². The molecular weight excluding hydrogens is 364 g/mol. The average Bonchev–Trinajstić information content (AvgIpc) is 3.02. The molecule has 0 aliphatic carbocycles. The molecule has 1 unspecified atom stereocenters. The van der Waals surface area contributed by atoms with E-state index in [4.69, 9.17) is 16.3 Å². The number of esters is 1. The maximum atomic E-state index is 11.7. The van der Waals surface area contributed by atoms with Gasteiger partial charge < -0.3 is 14.5 Å². The van der Waals surface area contributed by atoms with Crippen molar-refractivity contribution in [3.05, 3.63) is 28.1 Å². The van der Waals surface area contributed by atoms with Crippen molar-refractivity contribution in [1.82, 2.24) is 15.0 Å². The van der Waals surface area contributed by atoms with Crippen LogP contribution in [0.1, 0.15) is 22.3 Å². The first-order valence-corrected chi connectivity index (χ1v) is 8.72. The van der Waals surface area contributed by atoms with Crippen LogP contribution in [-0.4, -0.2) is 53.7 Å². The minimum Gasteiger partial charge on any atom is -0.465 e. The molecular formula is C15H15ClN6O2S. The van der Waals surface area contributed by atoms with Crippen LogP contribution in [-0.2, 0) is 4.74 Å². The number of nitrogens with zero attached hydrogens (tertiary/aromatic N) is 6. The van der Waals surface area contributed by atoms with E-state index in [-0.39, 0.29) is 11.2 Å². The number of anilines is 2. The summed E-state index contributed by atoms with van der Waals surface area (Å²) < 4.78 is 4.72. The molecule has 1 atom stereocenters. The van der Waals surface area contributed by atoms with E-state index in [2.05, 4.69) is 25.9 Å². The van der Waals surface area contributed by atoms with Crippen molar-refractivity contribution in [3.8, 4) is 6.07 Å². The Balaban J connectivity index is 1.79. The summed E-state index contributed by atoms with van der Waals surface area (Å²) in [6, 6.07) is 2.16. The third kappa shape index (κ3) is 3.36. The van der Waals surface area contributed by atoms with Gasteiger partial charge >= 0.3 is 5.97 Å². The average molecular weight is 379 g/mol. The molecule has 1 fully saturated rings. The van der Waals surface area contributed by atoms with E-state index in [0.717, 1.165) is 0 Å². The molecule has 0 aromatic carbocycles. The molecule has 0 radical (unpaired) electrons. The first kappa shape index (κ1) is 17.4. The smallest absolute Gasteiger partial charge is 0.351 e. The zero-order valence-corrected chi connectivity index (χ0v) is 15.2. The quantitative estimate of drug-likeness (QED) is 0.748. The topological polar surface area (TPSA) is 95.2 Å². The molecule has 0 spiro atoms. The Kier molecular flexibility index (Phi) is 5.01. The van der Waals surface area contributed by atoms with E-state index in [1.807, 2.05) is 11.8 Å². The maximum absolute atomic E-state index is 11.7. The van der Waals surface area contributed by atoms with Crippen molar-refractivity contribution < 1.29 is 9.53 Å². The van der Waals surface area contributed by atoms with Crippen molar-refractivity contribution in [2.75, 3.05) is 36.5 Å². The molecule has 2 aromatic heterocycles. The Morgan fingerprint density at radius 1 is 1.44 bits per heavy atom. The third-order valence-electron chi connectivity index (χ3n) is 3.90. The Labute approximate surface area is 153 Å². The summed E-state index contributed by atoms with van der Waals surface area (Å²) in [7, 11) is 1.31. The van der Waals surface area contributed by atoms with Crippen LogP contribution in [0.4, 0.5) is 10.9 Å². The molecule has 8 nitrogen and oxygen atoms in total. The van der Waals surface area contributed by atoms with Gasteiger partial charge in [-0.1, -0.05) is 22.9 Å². The summed E-state index contributed by atoms with van der Waals surface area (Å²) >= 11 is 7.27. The monoisotopic (exact) mass is 378 g/mol. The standard InChI is InChI=1S/C15H15ClN6O2S/c1-9-8-21(13-10(7-17)18-3-4-19-13)5-6-22(9)15-20-12(16)11(25-15)14(23)24-2/h3-4,9H,5-6,8H2,1-2H3. The van der Waals surface area contributed by atoms with Gasteiger partial charge in [-0.25, -0.2) is 19.7 Å². The third-order valence-corrected chi connectivity index (χ3v) is 5.36. The highest BCUT2D eigenvalue weighted by Gasteiger charge is 2.29. The number of carbonyl (C=O) groups excluding carboxylic acids is 1. The van der Waals surface area contributed by atoms with Crippen molar-refractivity contribution in [3.63, 3.8) is 0 Å². The number of nitriles is 1. The van der Waals surface area contributed by atoms with Crippen LogP contribution < -0.4 is 9.80 Å². The van der Waals surface area contributed by atoms with Crippen LogP contribution in [0, 0.1) is 11.3 Å². The van der Waals surface area contributed by atoms with Crippen molar-refractivity contribution in [1.29, 1.82) is 5.26 Å². The molecule has 1 saturated heterocycles. The van der Waals surface area contributed by atoms with Gasteiger partial charge in [-0.2, -0.15) is 5.26 Å². The van der Waals surface area contributed by atoms with Gasteiger partial charge in [-0.15, -0.1) is 0 Å². The van der Waals surface area contributed by atoms with Crippen LogP contribution >= 0.6 is 22.9 Å². The number of ether oxygens (including phenoxy) is 1. The number of aromatic nitrogens is 3. The second-order valence-corrected chi connectivity index (χ2v) is 6.77. The Hall–Kier alpha value is -2.44. The molecule has 10 heteroatoms. The first-order valence-electron chi connectivity index (χ1n) is 7.52. The van der Waals surface area contributed by atoms with Gasteiger partial charge in [0.05, 0.1) is 7.11 Å². The summed E-state index contributed by atoms with van der Waals surface area (Å²) in [6.07, 6.45) is 3.09. The number of methoxy groups -OCH3 is 1. The summed E-state index contributed by atoms with van der Waals surface area (Å²) in [5, 5.41) is 10.0. The van der Waals surface area contributed by atoms with Crippen LogP contribution in [0.3, 0.4) is 0 Å². The van der Waals surface area contributed by atoms with Gasteiger partial charge in [0.1, 0.15) is 6.07 Å². The number of halogens is 1. The second-order valence-electron chi connectivity index (χ2n) is 5.44. The molecule has 25 heavy (non-hydrogen) atoms. The van der Waals surface area contributed by atoms with E-state index in [0.29, 0.717) is 41.2 Å². The van der Waals surface area contributed by atoms with E-state index < -0.39 is 5.97 Å². The number of rotatable bonds is 3. The Bertz CT molecular complexity index is 836. The van der Waals surface area contributed by atoms with Crippen molar-refractivity contribution in [2.45, 2.75) is 13.0 Å². The van der Waals surface area contributed by atoms with Gasteiger partial charge in [0.2, 0.25) is 0 Å². The lowest BCUT2D eigenvalue weighted by Gasteiger charge is -2.40. The number of piperazine rings is 1. The predicted octanol–water partition coefficient (Wildman–Crippen LogP) is 1.96. The minimum atomic E-state index is -0.488. The number of carbonyl (C=O) groups is 1. The largest absolute Gasteiger partial charge is 0.465 e. The van der Waals surface area contributed by atoms with Crippen LogP contribution in [0.25, 0.3) is 0 Å². The highest BCUT2D eigenvalue weighted by Crippen LogP contribution is 2.32. The van der Waals surface area contributed by atoms with Crippen molar-refractivity contribution in [2.24, 2.45) is 0 Å². The summed E-state index contributed by atoms with van der Waals surface area (Å²) in [4.78, 5) is 28.8. The lowest BCUT2D eigenvalue weighted by molar-refractivity contribution is 0.0606. The van der Waals surface area contributed by atoms with Crippen LogP contribution in [0.15, 0.2) is 12.4 Å². The van der Waals surface area contributed by atoms with E-state index in [1.54, 1.807) is 6.20 Å². The number of hydrogen-bond acceptors (Lipinski definition) is 9. The van der Waals surface area contributed by atoms with Gasteiger partial charge in [-0.05, 0) is 6.92 Å². The summed E-state index contributed by atoms with van der Waals surface area (Å²) in [6.45, 7) is 4.01. The molecule has 0 saturated carbocycles. The number of thiazole rings is 1. The van der Waals surface area contributed by atoms with E-state index in [1.165, 1.54) is 24.6 Å². The number of hydrogen-bond donors (Lipinski definition) is 0. The highest BCUT2D eigenvalue weighted by molar-refractivity contribution is 7.18. The van der Waals surface area contributed by atoms with Gasteiger partial charge in [0, 0.05) is 38.1 Å². The lowest BCUT2D eigenvalue weighted by Crippen LogP contribution is -2.52. The first-order chi connectivity index (χ1) is 12.0. The lowest BCUT2D eigenvalue weighted by atomic mass is 10.2. The fourth-order valence-electron chi connectivity index (χ4n) is 2.71. The Morgan fingerprint density at radius 3 is 2.88 bits per heavy atom. The summed E-state index contributed by atoms with van der Waals surface area (Å²) in [5.74, 6) is 0.0992. The highest BCUT2D eigenvalue weighted by atomic mass is 35.5. The van der Waals surface area contributed by atoms with Crippen LogP contribution in [0.5, 0.6) is 0 Å². The fraction of sp³-hybridized carbons (Fsp3) is 0.400. The molecule has 0 N–H and O–H groups in total. The molecule has 0 amide bonds. The van der Waals surface area contributed by atoms with Crippen LogP contribution in [0.2, 0.25) is 5.15 Å². The fourth-order valence-corrected chi connectivity index (χ4v) is 4.04. The molecule has 2 aromatic rings. The Morgan fingerprint density at radius 2 is 2.20 bits per heavy atom. The summed E-state index contributed by atoms with van der Waals surface area (Å²) in [5.41, 5.74) is 0.313. The van der Waals surface area contributed by atoms with E-state index >= 15 is 0 Å². The molecule has 3 heterocycles.